The smallest absolute Gasteiger partial charge is 0.272 e. The Balaban J connectivity index is 1.80. The Hall–Kier alpha value is -2.58. The molecule has 1 unspecified atom stereocenters. The minimum absolute atomic E-state index is 0.131. The van der Waals surface area contributed by atoms with Crippen LogP contribution in [0.15, 0.2) is 24.4 Å². The molecule has 1 saturated heterocycles. The van der Waals surface area contributed by atoms with Crippen molar-refractivity contribution in [2.75, 3.05) is 45.4 Å². The van der Waals surface area contributed by atoms with E-state index in [0.717, 1.165) is 5.56 Å². The quantitative estimate of drug-likeness (QED) is 0.788. The second-order valence-corrected chi connectivity index (χ2v) is 6.68. The highest BCUT2D eigenvalue weighted by atomic mass is 35.5. The van der Waals surface area contributed by atoms with Gasteiger partial charge in [-0.25, -0.2) is 9.97 Å². The first-order valence-electron chi connectivity index (χ1n) is 8.91. The number of morpholine rings is 1. The number of ether oxygens (including phenoxy) is 3. The molecule has 0 radical (unpaired) electrons. The zero-order valence-electron chi connectivity index (χ0n) is 16.1. The van der Waals surface area contributed by atoms with Crippen LogP contribution in [0.3, 0.4) is 0 Å². The van der Waals surface area contributed by atoms with E-state index < -0.39 is 0 Å². The summed E-state index contributed by atoms with van der Waals surface area (Å²) in [5.41, 5.74) is 0.917. The van der Waals surface area contributed by atoms with Gasteiger partial charge in [0, 0.05) is 18.7 Å². The number of hydrogen-bond donors (Lipinski definition) is 1. The average Bonchev–Trinajstić information content (AvgIpc) is 2.74. The summed E-state index contributed by atoms with van der Waals surface area (Å²) in [4.78, 5) is 23.4. The fourth-order valence-electron chi connectivity index (χ4n) is 2.95. The van der Waals surface area contributed by atoms with Gasteiger partial charge in [-0.1, -0.05) is 11.6 Å². The van der Waals surface area contributed by atoms with Crippen molar-refractivity contribution >= 4 is 23.5 Å². The first-order valence-corrected chi connectivity index (χ1v) is 9.29. The maximum Gasteiger partial charge on any atom is 0.272 e. The lowest BCUT2D eigenvalue weighted by molar-refractivity contribution is 0.0934. The highest BCUT2D eigenvalue weighted by Gasteiger charge is 2.22. The van der Waals surface area contributed by atoms with Crippen LogP contribution in [0.4, 0.5) is 5.95 Å². The topological polar surface area (TPSA) is 85.8 Å². The summed E-state index contributed by atoms with van der Waals surface area (Å²) >= 11 is 6.19. The Morgan fingerprint density at radius 1 is 1.29 bits per heavy atom. The number of methoxy groups -OCH3 is 2. The summed E-state index contributed by atoms with van der Waals surface area (Å²) in [6, 6.07) is 5.07. The minimum atomic E-state index is -0.390. The number of amides is 1. The summed E-state index contributed by atoms with van der Waals surface area (Å²) in [7, 11) is 3.17. The van der Waals surface area contributed by atoms with E-state index in [1.807, 2.05) is 17.9 Å². The standard InChI is InChI=1S/C19H23ClN4O4/c1-12(14-10-13(26-2)4-5-16(14)27-3)22-18(25)17-15(20)11-21-19(23-17)24-6-8-28-9-7-24/h4-5,10-12H,6-9H2,1-3H3,(H,22,25). The van der Waals surface area contributed by atoms with Crippen LogP contribution in [0.2, 0.25) is 5.02 Å². The van der Waals surface area contributed by atoms with E-state index in [-0.39, 0.29) is 22.7 Å². The number of benzene rings is 1. The normalized spacial score (nSPS) is 15.1. The van der Waals surface area contributed by atoms with Crippen molar-refractivity contribution in [2.45, 2.75) is 13.0 Å². The molecule has 9 heteroatoms. The molecule has 1 atom stereocenters. The Bertz CT molecular complexity index is 843. The third-order valence-corrected chi connectivity index (χ3v) is 4.77. The van der Waals surface area contributed by atoms with Crippen molar-refractivity contribution in [3.63, 3.8) is 0 Å². The van der Waals surface area contributed by atoms with Crippen LogP contribution in [0, 0.1) is 0 Å². The maximum atomic E-state index is 12.8. The van der Waals surface area contributed by atoms with Crippen LogP contribution in [0.1, 0.15) is 29.0 Å². The van der Waals surface area contributed by atoms with E-state index in [0.29, 0.717) is 43.8 Å². The summed E-state index contributed by atoms with van der Waals surface area (Å²) < 4.78 is 16.0. The van der Waals surface area contributed by atoms with Gasteiger partial charge in [0.2, 0.25) is 5.95 Å². The van der Waals surface area contributed by atoms with Crippen LogP contribution in [-0.2, 0) is 4.74 Å². The molecule has 1 amide bonds. The summed E-state index contributed by atoms with van der Waals surface area (Å²) in [5, 5.41) is 3.11. The van der Waals surface area contributed by atoms with Gasteiger partial charge in [0.15, 0.2) is 5.69 Å². The van der Waals surface area contributed by atoms with Crippen molar-refractivity contribution in [2.24, 2.45) is 0 Å². The molecular weight excluding hydrogens is 384 g/mol. The zero-order valence-corrected chi connectivity index (χ0v) is 16.8. The van der Waals surface area contributed by atoms with Crippen molar-refractivity contribution in [1.29, 1.82) is 0 Å². The van der Waals surface area contributed by atoms with Gasteiger partial charge in [-0.3, -0.25) is 4.79 Å². The predicted molar refractivity (Wildman–Crippen MR) is 106 cm³/mol. The fourth-order valence-corrected chi connectivity index (χ4v) is 3.13. The Kier molecular flexibility index (Phi) is 6.53. The van der Waals surface area contributed by atoms with Gasteiger partial charge in [-0.2, -0.15) is 0 Å². The van der Waals surface area contributed by atoms with Gasteiger partial charge in [-0.15, -0.1) is 0 Å². The van der Waals surface area contributed by atoms with Crippen molar-refractivity contribution in [3.8, 4) is 11.5 Å². The third kappa shape index (κ3) is 4.45. The molecule has 1 fully saturated rings. The summed E-state index contributed by atoms with van der Waals surface area (Å²) in [5.74, 6) is 1.40. The van der Waals surface area contributed by atoms with Crippen molar-refractivity contribution < 1.29 is 19.0 Å². The molecule has 0 aliphatic carbocycles. The van der Waals surface area contributed by atoms with Crippen LogP contribution < -0.4 is 19.7 Å². The van der Waals surface area contributed by atoms with Gasteiger partial charge < -0.3 is 24.4 Å². The lowest BCUT2D eigenvalue weighted by Gasteiger charge is -2.27. The number of rotatable bonds is 6. The number of halogens is 1. The highest BCUT2D eigenvalue weighted by Crippen LogP contribution is 2.29. The van der Waals surface area contributed by atoms with E-state index in [4.69, 9.17) is 25.8 Å². The number of anilines is 1. The number of nitrogens with zero attached hydrogens (tertiary/aromatic N) is 3. The molecule has 150 valence electrons. The number of carbonyl (C=O) groups is 1. The van der Waals surface area contributed by atoms with Gasteiger partial charge in [-0.05, 0) is 25.1 Å². The van der Waals surface area contributed by atoms with E-state index in [1.54, 1.807) is 26.4 Å². The molecule has 1 N–H and O–H groups in total. The molecule has 1 aliphatic rings. The predicted octanol–water partition coefficient (Wildman–Crippen LogP) is 2.47. The van der Waals surface area contributed by atoms with Crippen LogP contribution in [0.5, 0.6) is 11.5 Å². The summed E-state index contributed by atoms with van der Waals surface area (Å²) in [6.07, 6.45) is 1.45. The largest absolute Gasteiger partial charge is 0.497 e. The Morgan fingerprint density at radius 3 is 2.71 bits per heavy atom. The lowest BCUT2D eigenvalue weighted by Crippen LogP contribution is -2.38. The molecule has 0 spiro atoms. The molecule has 1 aromatic heterocycles. The van der Waals surface area contributed by atoms with Gasteiger partial charge >= 0.3 is 0 Å². The third-order valence-electron chi connectivity index (χ3n) is 4.49. The average molecular weight is 407 g/mol. The summed E-state index contributed by atoms with van der Waals surface area (Å²) in [6.45, 7) is 4.38. The van der Waals surface area contributed by atoms with Gasteiger partial charge in [0.25, 0.3) is 5.91 Å². The maximum absolute atomic E-state index is 12.8. The first kappa shape index (κ1) is 20.2. The second-order valence-electron chi connectivity index (χ2n) is 6.27. The minimum Gasteiger partial charge on any atom is -0.497 e. The number of aromatic nitrogens is 2. The second kappa shape index (κ2) is 9.07. The van der Waals surface area contributed by atoms with Crippen LogP contribution in [-0.4, -0.2) is 56.4 Å². The lowest BCUT2D eigenvalue weighted by atomic mass is 10.1. The van der Waals surface area contributed by atoms with Gasteiger partial charge in [0.05, 0.1) is 44.7 Å². The number of nitrogens with one attached hydrogen (secondary N) is 1. The van der Waals surface area contributed by atoms with Crippen LogP contribution >= 0.6 is 11.6 Å². The van der Waals surface area contributed by atoms with Crippen molar-refractivity contribution in [1.82, 2.24) is 15.3 Å². The molecule has 1 aromatic carbocycles. The molecule has 2 aromatic rings. The molecule has 2 heterocycles. The van der Waals surface area contributed by atoms with Crippen molar-refractivity contribution in [3.05, 3.63) is 40.7 Å². The Morgan fingerprint density at radius 2 is 2.04 bits per heavy atom. The monoisotopic (exact) mass is 406 g/mol. The Labute approximate surface area is 168 Å². The van der Waals surface area contributed by atoms with E-state index in [9.17, 15) is 4.79 Å². The number of hydrogen-bond acceptors (Lipinski definition) is 7. The fraction of sp³-hybridized carbons (Fsp3) is 0.421. The van der Waals surface area contributed by atoms with E-state index in [2.05, 4.69) is 15.3 Å². The molecule has 28 heavy (non-hydrogen) atoms. The number of carbonyl (C=O) groups excluding carboxylic acids is 1. The SMILES string of the molecule is COc1ccc(OC)c(C(C)NC(=O)c2nc(N3CCOCC3)ncc2Cl)c1. The molecule has 0 saturated carbocycles. The van der Waals surface area contributed by atoms with E-state index in [1.165, 1.54) is 6.20 Å². The molecule has 0 bridgehead atoms. The highest BCUT2D eigenvalue weighted by molar-refractivity contribution is 6.33. The first-order chi connectivity index (χ1) is 13.5. The zero-order chi connectivity index (χ0) is 20.1. The van der Waals surface area contributed by atoms with Gasteiger partial charge in [0.1, 0.15) is 11.5 Å². The molecule has 3 rings (SSSR count). The molecule has 8 nitrogen and oxygen atoms in total. The van der Waals surface area contributed by atoms with Crippen LogP contribution in [0.25, 0.3) is 0 Å². The molecular formula is C19H23ClN4O4. The van der Waals surface area contributed by atoms with E-state index >= 15 is 0 Å². The molecule has 1 aliphatic heterocycles.